The first-order chi connectivity index (χ1) is 18.3. The van der Waals surface area contributed by atoms with Crippen LogP contribution in [0.3, 0.4) is 0 Å². The van der Waals surface area contributed by atoms with E-state index in [0.29, 0.717) is 9.54 Å². The molecule has 0 heterocycles. The van der Waals surface area contributed by atoms with Gasteiger partial charge in [-0.1, -0.05) is 0 Å². The molecule has 4 aromatic rings. The van der Waals surface area contributed by atoms with Crippen LogP contribution in [0.15, 0.2) is 72.3 Å². The average Bonchev–Trinajstić information content (AvgIpc) is 3.36. The van der Waals surface area contributed by atoms with E-state index in [1.807, 2.05) is 0 Å². The number of allylic oxidation sites excluding steroid dienone is 1. The maximum atomic E-state index is 2.62. The van der Waals surface area contributed by atoms with E-state index in [-0.39, 0.29) is 10.8 Å². The monoisotopic (exact) mass is 604 g/mol. The second-order valence-corrected chi connectivity index (χ2v) is 29.2. The molecule has 0 fully saturated rings. The standard InChI is InChI=1S/C35H35.C2H7Si.Zr/c1-21-16-29-26-11-9-8-10-22(26)13-15-27(29)33(21)32-20-25(35(5,6)7)19-31-28-18-24(34(2,3)4)14-12-23(28)17-30(31)32;1-3-2;/h8-20,33H,1-7H3;3H,1-2H3;. The van der Waals surface area contributed by atoms with E-state index >= 15 is 0 Å². The summed E-state index contributed by atoms with van der Waals surface area (Å²) in [7, 11) is 0. The van der Waals surface area contributed by atoms with Crippen LogP contribution in [0.2, 0.25) is 13.1 Å². The number of fused-ring (bicyclic) bond motifs is 6. The van der Waals surface area contributed by atoms with Crippen LogP contribution < -0.4 is 0 Å². The van der Waals surface area contributed by atoms with E-state index in [9.17, 15) is 0 Å². The van der Waals surface area contributed by atoms with Crippen molar-refractivity contribution < 1.29 is 22.4 Å². The van der Waals surface area contributed by atoms with E-state index in [2.05, 4.69) is 134 Å². The molecule has 2 aliphatic carbocycles. The van der Waals surface area contributed by atoms with Crippen LogP contribution in [-0.4, -0.2) is 5.92 Å². The third-order valence-electron chi connectivity index (χ3n) is 8.84. The zero-order valence-corrected chi connectivity index (χ0v) is 28.8. The third-order valence-corrected chi connectivity index (χ3v) is 18.7. The molecule has 0 nitrogen and oxygen atoms in total. The molecule has 0 saturated carbocycles. The van der Waals surface area contributed by atoms with Gasteiger partial charge >= 0.3 is 249 Å². The number of rotatable bonds is 3. The summed E-state index contributed by atoms with van der Waals surface area (Å²) >= 11 is -0.592. The first-order valence-electron chi connectivity index (χ1n) is 14.6. The molecule has 0 amide bonds. The normalized spacial score (nSPS) is 18.3. The fourth-order valence-electron chi connectivity index (χ4n) is 6.76. The minimum atomic E-state index is -0.648. The summed E-state index contributed by atoms with van der Waals surface area (Å²) < 4.78 is 0.667. The van der Waals surface area contributed by atoms with Gasteiger partial charge in [0, 0.05) is 0 Å². The Hall–Kier alpha value is -2.02. The summed E-state index contributed by atoms with van der Waals surface area (Å²) in [6.07, 6.45) is 2.49. The van der Waals surface area contributed by atoms with Gasteiger partial charge in [0.15, 0.2) is 0 Å². The van der Waals surface area contributed by atoms with E-state index in [0.717, 1.165) is 0 Å². The molecule has 2 aliphatic rings. The number of hydrogen-bond donors (Lipinski definition) is 0. The fraction of sp³-hybridized carbons (Fsp3) is 0.351. The SMILES string of the molecule is CC1=Cc2c(ccc3ccccc23)C1c1cc(C(C)(C)C)cc2c1[CH]([Zr][SiH](C)C)c1ccc(C(C)(C)C)cc1-2. The summed E-state index contributed by atoms with van der Waals surface area (Å²) in [5.41, 5.74) is 15.6. The first kappa shape index (κ1) is 27.2. The van der Waals surface area contributed by atoms with E-state index in [1.165, 1.54) is 44.2 Å². The Morgan fingerprint density at radius 2 is 1.36 bits per heavy atom. The minimum absolute atomic E-state index is 0.0961. The number of benzene rings is 4. The predicted octanol–water partition coefficient (Wildman–Crippen LogP) is 10.1. The molecule has 0 N–H and O–H groups in total. The van der Waals surface area contributed by atoms with Crippen molar-refractivity contribution in [1.82, 2.24) is 0 Å². The summed E-state index contributed by atoms with van der Waals surface area (Å²) in [6.45, 7) is 21.8. The van der Waals surface area contributed by atoms with Crippen molar-refractivity contribution >= 4 is 22.8 Å². The van der Waals surface area contributed by atoms with Gasteiger partial charge in [-0.15, -0.1) is 0 Å². The van der Waals surface area contributed by atoms with Crippen molar-refractivity contribution in [2.45, 2.75) is 81.9 Å². The molecule has 0 saturated heterocycles. The van der Waals surface area contributed by atoms with Crippen LogP contribution in [0.25, 0.3) is 28.0 Å². The van der Waals surface area contributed by atoms with Crippen molar-refractivity contribution in [3.8, 4) is 11.1 Å². The molecule has 0 bridgehead atoms. The molecule has 2 atom stereocenters. The van der Waals surface area contributed by atoms with Gasteiger partial charge < -0.3 is 0 Å². The van der Waals surface area contributed by atoms with E-state index in [4.69, 9.17) is 0 Å². The third kappa shape index (κ3) is 4.61. The average molecular weight is 606 g/mol. The van der Waals surface area contributed by atoms with Gasteiger partial charge in [0.1, 0.15) is 0 Å². The molecular formula is C37H42SiZr. The number of hydrogen-bond acceptors (Lipinski definition) is 0. The van der Waals surface area contributed by atoms with Gasteiger partial charge in [0.25, 0.3) is 0 Å². The summed E-state index contributed by atoms with van der Waals surface area (Å²) in [4.78, 5) is 0. The van der Waals surface area contributed by atoms with Gasteiger partial charge in [-0.2, -0.15) is 0 Å². The van der Waals surface area contributed by atoms with Gasteiger partial charge in [-0.25, -0.2) is 0 Å². The molecule has 2 heteroatoms. The molecule has 0 aliphatic heterocycles. The molecule has 4 aromatic carbocycles. The van der Waals surface area contributed by atoms with E-state index in [1.54, 1.807) is 22.3 Å². The van der Waals surface area contributed by atoms with Crippen LogP contribution in [0.1, 0.15) is 97.0 Å². The first-order valence-corrected chi connectivity index (χ1v) is 23.2. The molecule has 6 rings (SSSR count). The van der Waals surface area contributed by atoms with Crippen LogP contribution in [0.5, 0.6) is 0 Å². The van der Waals surface area contributed by atoms with Gasteiger partial charge in [0.2, 0.25) is 0 Å². The summed E-state index contributed by atoms with van der Waals surface area (Å²) in [5.74, 6) is -0.308. The van der Waals surface area contributed by atoms with Crippen molar-refractivity contribution in [2.75, 3.05) is 0 Å². The van der Waals surface area contributed by atoms with Crippen LogP contribution in [-0.2, 0) is 33.2 Å². The molecule has 0 aromatic heterocycles. The quantitative estimate of drug-likeness (QED) is 0.204. The summed E-state index contributed by atoms with van der Waals surface area (Å²) in [6, 6.07) is 26.4. The van der Waals surface area contributed by atoms with Gasteiger partial charge in [-0.3, -0.25) is 0 Å². The molecule has 0 radical (unpaired) electrons. The van der Waals surface area contributed by atoms with Crippen LogP contribution in [0.4, 0.5) is 0 Å². The molecule has 0 spiro atoms. The fourth-order valence-corrected chi connectivity index (χ4v) is 16.6. The van der Waals surface area contributed by atoms with Gasteiger partial charge in [0.05, 0.1) is 0 Å². The maximum absolute atomic E-state index is 2.62. The molecule has 39 heavy (non-hydrogen) atoms. The Morgan fingerprint density at radius 1 is 0.692 bits per heavy atom. The zero-order chi connectivity index (χ0) is 27.9. The Kier molecular flexibility index (Phi) is 6.64. The zero-order valence-electron chi connectivity index (χ0n) is 25.2. The second kappa shape index (κ2) is 9.53. The Labute approximate surface area is 248 Å². The van der Waals surface area contributed by atoms with E-state index < -0.39 is 28.3 Å². The van der Waals surface area contributed by atoms with Crippen LogP contribution >= 0.6 is 0 Å². The molecule has 2 unspecified atom stereocenters. The topological polar surface area (TPSA) is 0 Å². The van der Waals surface area contributed by atoms with Crippen molar-refractivity contribution in [3.63, 3.8) is 0 Å². The van der Waals surface area contributed by atoms with Gasteiger partial charge in [-0.05, 0) is 0 Å². The summed E-state index contributed by atoms with van der Waals surface area (Å²) in [5, 5.41) is 2.73. The molecule has 198 valence electrons. The van der Waals surface area contributed by atoms with Crippen molar-refractivity contribution in [3.05, 3.63) is 111 Å². The van der Waals surface area contributed by atoms with Crippen LogP contribution in [0, 0.1) is 0 Å². The second-order valence-electron chi connectivity index (χ2n) is 14.2. The molecular weight excluding hydrogens is 564 g/mol. The Bertz CT molecular complexity index is 1640. The predicted molar refractivity (Wildman–Crippen MR) is 169 cm³/mol. The van der Waals surface area contributed by atoms with Crippen molar-refractivity contribution in [2.24, 2.45) is 0 Å². The van der Waals surface area contributed by atoms with Crippen molar-refractivity contribution in [1.29, 1.82) is 0 Å². The Balaban J connectivity index is 1.66. The Morgan fingerprint density at radius 3 is 2.05 bits per heavy atom.